The Morgan fingerprint density at radius 2 is 1.75 bits per heavy atom. The summed E-state index contributed by atoms with van der Waals surface area (Å²) in [7, 11) is -3.70. The maximum atomic E-state index is 13.1. The van der Waals surface area contributed by atoms with Gasteiger partial charge in [-0.1, -0.05) is 31.2 Å². The fourth-order valence-electron chi connectivity index (χ4n) is 3.14. The van der Waals surface area contributed by atoms with E-state index >= 15 is 0 Å². The van der Waals surface area contributed by atoms with Crippen molar-refractivity contribution in [2.45, 2.75) is 46.2 Å². The topological polar surface area (TPSA) is 66.5 Å². The molecule has 1 amide bonds. The van der Waals surface area contributed by atoms with E-state index in [9.17, 15) is 17.6 Å². The van der Waals surface area contributed by atoms with Crippen molar-refractivity contribution in [3.05, 3.63) is 65.0 Å². The summed E-state index contributed by atoms with van der Waals surface area (Å²) in [6, 6.07) is 10.1. The van der Waals surface area contributed by atoms with Gasteiger partial charge < -0.3 is 5.32 Å². The van der Waals surface area contributed by atoms with Crippen LogP contribution >= 0.6 is 0 Å². The third kappa shape index (κ3) is 5.10. The van der Waals surface area contributed by atoms with Crippen LogP contribution in [0.4, 0.5) is 10.1 Å². The second-order valence-corrected chi connectivity index (χ2v) is 8.91. The molecule has 7 heteroatoms. The first-order valence-electron chi connectivity index (χ1n) is 9.17. The fourth-order valence-corrected chi connectivity index (χ4v) is 4.40. The van der Waals surface area contributed by atoms with Crippen molar-refractivity contribution in [3.8, 4) is 0 Å². The Morgan fingerprint density at radius 3 is 2.29 bits per heavy atom. The predicted molar refractivity (Wildman–Crippen MR) is 110 cm³/mol. The number of halogens is 1. The lowest BCUT2D eigenvalue weighted by atomic mass is 10.1. The third-order valence-corrected chi connectivity index (χ3v) is 5.83. The van der Waals surface area contributed by atoms with Crippen LogP contribution in [0.25, 0.3) is 0 Å². The van der Waals surface area contributed by atoms with Gasteiger partial charge in [-0.3, -0.25) is 9.10 Å². The summed E-state index contributed by atoms with van der Waals surface area (Å²) in [6.07, 6.45) is 1.41. The molecular weight excluding hydrogens is 379 g/mol. The smallest absolute Gasteiger partial charge is 0.244 e. The van der Waals surface area contributed by atoms with E-state index in [1.165, 1.54) is 16.4 Å². The Labute approximate surface area is 166 Å². The average Bonchev–Trinajstić information content (AvgIpc) is 2.61. The zero-order valence-corrected chi connectivity index (χ0v) is 17.7. The maximum Gasteiger partial charge on any atom is 0.244 e. The molecule has 28 heavy (non-hydrogen) atoms. The molecule has 2 aromatic rings. The summed E-state index contributed by atoms with van der Waals surface area (Å²) >= 11 is 0. The summed E-state index contributed by atoms with van der Waals surface area (Å²) in [4.78, 5) is 13.0. The highest BCUT2D eigenvalue weighted by Gasteiger charge is 2.33. The van der Waals surface area contributed by atoms with Crippen molar-refractivity contribution >= 4 is 21.6 Å². The van der Waals surface area contributed by atoms with Crippen LogP contribution in [-0.2, 0) is 14.8 Å². The number of hydrogen-bond donors (Lipinski definition) is 1. The van der Waals surface area contributed by atoms with Crippen LogP contribution in [0.15, 0.2) is 42.5 Å². The van der Waals surface area contributed by atoms with Gasteiger partial charge in [-0.25, -0.2) is 12.8 Å². The van der Waals surface area contributed by atoms with Crippen molar-refractivity contribution in [2.24, 2.45) is 0 Å². The number of aryl methyl sites for hydroxylation is 2. The molecule has 0 bridgehead atoms. The van der Waals surface area contributed by atoms with Crippen LogP contribution in [0, 0.1) is 19.7 Å². The Morgan fingerprint density at radius 1 is 1.14 bits per heavy atom. The molecule has 2 atom stereocenters. The summed E-state index contributed by atoms with van der Waals surface area (Å²) < 4.78 is 39.5. The van der Waals surface area contributed by atoms with Crippen molar-refractivity contribution in [2.75, 3.05) is 10.6 Å². The summed E-state index contributed by atoms with van der Waals surface area (Å²) in [5.74, 6) is -0.752. The number of carbonyl (C=O) groups is 1. The van der Waals surface area contributed by atoms with Gasteiger partial charge in [0.15, 0.2) is 0 Å². The normalized spacial score (nSPS) is 13.6. The van der Waals surface area contributed by atoms with E-state index in [1.807, 2.05) is 26.0 Å². The minimum Gasteiger partial charge on any atom is -0.348 e. The van der Waals surface area contributed by atoms with Gasteiger partial charge in [0.25, 0.3) is 0 Å². The molecule has 0 aliphatic heterocycles. The Hall–Kier alpha value is -2.41. The van der Waals surface area contributed by atoms with Crippen LogP contribution in [0.1, 0.15) is 43.0 Å². The van der Waals surface area contributed by atoms with Crippen LogP contribution in [0.3, 0.4) is 0 Å². The molecule has 0 saturated carbocycles. The van der Waals surface area contributed by atoms with Gasteiger partial charge >= 0.3 is 0 Å². The van der Waals surface area contributed by atoms with Crippen molar-refractivity contribution in [1.29, 1.82) is 0 Å². The van der Waals surface area contributed by atoms with Gasteiger partial charge in [-0.2, -0.15) is 0 Å². The molecule has 0 unspecified atom stereocenters. The number of amides is 1. The molecule has 2 rings (SSSR count). The molecule has 2 aromatic carbocycles. The molecule has 0 aromatic heterocycles. The van der Waals surface area contributed by atoms with Gasteiger partial charge in [-0.05, 0) is 62.1 Å². The zero-order valence-electron chi connectivity index (χ0n) is 16.9. The highest BCUT2D eigenvalue weighted by atomic mass is 32.2. The number of sulfonamides is 1. The predicted octanol–water partition coefficient (Wildman–Crippen LogP) is 3.86. The van der Waals surface area contributed by atoms with Crippen LogP contribution in [0.5, 0.6) is 0 Å². The van der Waals surface area contributed by atoms with E-state index in [2.05, 4.69) is 5.32 Å². The number of nitrogens with zero attached hydrogens (tertiary/aromatic N) is 1. The Balaban J connectivity index is 2.36. The third-order valence-electron chi connectivity index (χ3n) is 4.66. The summed E-state index contributed by atoms with van der Waals surface area (Å²) in [5.41, 5.74) is 2.92. The van der Waals surface area contributed by atoms with Crippen LogP contribution < -0.4 is 9.62 Å². The largest absolute Gasteiger partial charge is 0.348 e. The van der Waals surface area contributed by atoms with Gasteiger partial charge in [0.1, 0.15) is 11.9 Å². The molecule has 152 valence electrons. The highest BCUT2D eigenvalue weighted by Crippen LogP contribution is 2.28. The minimum atomic E-state index is -3.70. The van der Waals surface area contributed by atoms with E-state index in [0.717, 1.165) is 22.9 Å². The number of hydrogen-bond acceptors (Lipinski definition) is 3. The van der Waals surface area contributed by atoms with Crippen molar-refractivity contribution in [3.63, 3.8) is 0 Å². The van der Waals surface area contributed by atoms with Crippen molar-refractivity contribution < 1.29 is 17.6 Å². The second-order valence-electron chi connectivity index (χ2n) is 7.05. The molecule has 0 aliphatic rings. The molecule has 0 aliphatic carbocycles. The van der Waals surface area contributed by atoms with Gasteiger partial charge in [0.2, 0.25) is 15.9 Å². The summed E-state index contributed by atoms with van der Waals surface area (Å²) in [5, 5.41) is 2.86. The van der Waals surface area contributed by atoms with Crippen LogP contribution in [0.2, 0.25) is 0 Å². The molecule has 0 spiro atoms. The van der Waals surface area contributed by atoms with E-state index in [-0.39, 0.29) is 11.9 Å². The fraction of sp³-hybridized carbons (Fsp3) is 0.381. The molecule has 0 radical (unpaired) electrons. The lowest BCUT2D eigenvalue weighted by Crippen LogP contribution is -2.50. The van der Waals surface area contributed by atoms with Gasteiger partial charge in [0.05, 0.1) is 18.0 Å². The number of anilines is 1. The lowest BCUT2D eigenvalue weighted by Gasteiger charge is -2.32. The molecule has 5 nitrogen and oxygen atoms in total. The first kappa shape index (κ1) is 21.9. The monoisotopic (exact) mass is 406 g/mol. The molecule has 0 saturated heterocycles. The van der Waals surface area contributed by atoms with Gasteiger partial charge in [-0.15, -0.1) is 0 Å². The van der Waals surface area contributed by atoms with E-state index < -0.39 is 22.0 Å². The lowest BCUT2D eigenvalue weighted by molar-refractivity contribution is -0.122. The molecule has 0 heterocycles. The molecule has 1 N–H and O–H groups in total. The average molecular weight is 407 g/mol. The highest BCUT2D eigenvalue weighted by molar-refractivity contribution is 7.92. The van der Waals surface area contributed by atoms with Gasteiger partial charge in [0, 0.05) is 0 Å². The van der Waals surface area contributed by atoms with E-state index in [4.69, 9.17) is 0 Å². The zero-order chi connectivity index (χ0) is 21.1. The number of benzene rings is 2. The number of nitrogens with one attached hydrogen (secondary N) is 1. The van der Waals surface area contributed by atoms with Crippen molar-refractivity contribution in [1.82, 2.24) is 5.32 Å². The molecule has 0 fully saturated rings. The SMILES string of the molecule is CC[C@H](C(=O)N[C@H](C)c1ccc(F)cc1)N(c1cc(C)ccc1C)S(C)(=O)=O. The summed E-state index contributed by atoms with van der Waals surface area (Å²) in [6.45, 7) is 7.25. The minimum absolute atomic E-state index is 0.308. The van der Waals surface area contributed by atoms with E-state index in [1.54, 1.807) is 32.0 Å². The van der Waals surface area contributed by atoms with Crippen LogP contribution in [-0.4, -0.2) is 26.6 Å². The number of carbonyl (C=O) groups excluding carboxylic acids is 1. The molecular formula is C21H27FN2O3S. The first-order chi connectivity index (χ1) is 13.0. The number of rotatable bonds is 7. The Kier molecular flexibility index (Phi) is 6.82. The second kappa shape index (κ2) is 8.73. The maximum absolute atomic E-state index is 13.1. The van der Waals surface area contributed by atoms with E-state index in [0.29, 0.717) is 12.1 Å². The quantitative estimate of drug-likeness (QED) is 0.759. The first-order valence-corrected chi connectivity index (χ1v) is 11.0. The Bertz CT molecular complexity index is 943. The standard InChI is InChI=1S/C21H27FN2O3S/c1-6-19(21(25)23-16(4)17-9-11-18(22)12-10-17)24(28(5,26)27)20-13-14(2)7-8-15(20)3/h7-13,16,19H,6H2,1-5H3,(H,23,25)/t16-,19-/m1/s1.